The van der Waals surface area contributed by atoms with Crippen LogP contribution in [-0.4, -0.2) is 0 Å². The fourth-order valence-corrected chi connectivity index (χ4v) is 1.86. The van der Waals surface area contributed by atoms with Crippen LogP contribution in [0.15, 0.2) is 6.07 Å². The lowest BCUT2D eigenvalue weighted by molar-refractivity contribution is -0.159. The third-order valence-corrected chi connectivity index (χ3v) is 2.80. The van der Waals surface area contributed by atoms with Gasteiger partial charge >= 0.3 is 18.5 Å². The van der Waals surface area contributed by atoms with Crippen LogP contribution < -0.4 is 0 Å². The molecule has 17 heavy (non-hydrogen) atoms. The molecule has 0 spiro atoms. The quantitative estimate of drug-likeness (QED) is 0.601. The van der Waals surface area contributed by atoms with Gasteiger partial charge in [-0.1, -0.05) is 0 Å². The Balaban J connectivity index is 3.44. The average Bonchev–Trinajstić information content (AvgIpc) is 2.42. The molecule has 0 saturated carbocycles. The molecule has 0 aromatic carbocycles. The van der Waals surface area contributed by atoms with Crippen molar-refractivity contribution in [2.45, 2.75) is 18.5 Å². The van der Waals surface area contributed by atoms with Gasteiger partial charge < -0.3 is 0 Å². The first kappa shape index (κ1) is 14.1. The van der Waals surface area contributed by atoms with E-state index >= 15 is 0 Å². The number of hydrogen-bond acceptors (Lipinski definition) is 1. The van der Waals surface area contributed by atoms with Crippen molar-refractivity contribution in [2.75, 3.05) is 0 Å². The summed E-state index contributed by atoms with van der Waals surface area (Å²) in [6.07, 6.45) is -16.2. The van der Waals surface area contributed by atoms with Crippen LogP contribution in [0.4, 0.5) is 39.5 Å². The molecule has 1 aromatic heterocycles. The van der Waals surface area contributed by atoms with Crippen molar-refractivity contribution >= 4 is 11.3 Å². The molecule has 0 aliphatic carbocycles. The van der Waals surface area contributed by atoms with Crippen molar-refractivity contribution in [2.24, 2.45) is 0 Å². The van der Waals surface area contributed by atoms with Gasteiger partial charge in [0, 0.05) is 0 Å². The molecular formula is C7HF9S. The molecule has 0 aliphatic rings. The highest BCUT2D eigenvalue weighted by atomic mass is 32.1. The molecule has 0 atom stereocenters. The Morgan fingerprint density at radius 2 is 1.18 bits per heavy atom. The maximum Gasteiger partial charge on any atom is 0.426 e. The summed E-state index contributed by atoms with van der Waals surface area (Å²) in [7, 11) is 0. The Morgan fingerprint density at radius 1 is 0.706 bits per heavy atom. The smallest absolute Gasteiger partial charge is 0.166 e. The zero-order chi connectivity index (χ0) is 13.6. The Hall–Kier alpha value is -0.930. The third kappa shape index (κ3) is 3.05. The standard InChI is InChI=1S/C7HF9S/c8-5(9,10)2-1-3(6(11,12)13)17-4(2)7(14,15)16/h1H. The summed E-state index contributed by atoms with van der Waals surface area (Å²) < 4.78 is 109. The Morgan fingerprint density at radius 3 is 1.41 bits per heavy atom. The van der Waals surface area contributed by atoms with E-state index in [9.17, 15) is 39.5 Å². The molecule has 0 N–H and O–H groups in total. The summed E-state index contributed by atoms with van der Waals surface area (Å²) >= 11 is -0.970. The predicted molar refractivity (Wildman–Crippen MR) is 39.3 cm³/mol. The summed E-state index contributed by atoms with van der Waals surface area (Å²) in [5.74, 6) is 0. The van der Waals surface area contributed by atoms with Gasteiger partial charge in [-0.15, -0.1) is 11.3 Å². The van der Waals surface area contributed by atoms with Gasteiger partial charge in [-0.05, 0) is 6.07 Å². The number of rotatable bonds is 0. The summed E-state index contributed by atoms with van der Waals surface area (Å²) in [6.45, 7) is 0. The van der Waals surface area contributed by atoms with Gasteiger partial charge in [0.2, 0.25) is 0 Å². The first-order chi connectivity index (χ1) is 7.33. The maximum atomic E-state index is 12.1. The molecular weight excluding hydrogens is 287 g/mol. The topological polar surface area (TPSA) is 0 Å². The van der Waals surface area contributed by atoms with Crippen LogP contribution in [0.2, 0.25) is 0 Å². The van der Waals surface area contributed by atoms with Gasteiger partial charge in [-0.2, -0.15) is 39.5 Å². The van der Waals surface area contributed by atoms with Gasteiger partial charge in [-0.25, -0.2) is 0 Å². The van der Waals surface area contributed by atoms with Crippen molar-refractivity contribution in [1.82, 2.24) is 0 Å². The van der Waals surface area contributed by atoms with Crippen LogP contribution in [0.3, 0.4) is 0 Å². The van der Waals surface area contributed by atoms with E-state index in [-0.39, 0.29) is 0 Å². The second-order valence-corrected chi connectivity index (χ2v) is 3.90. The normalized spacial score (nSPS) is 14.2. The molecule has 0 nitrogen and oxygen atoms in total. The largest absolute Gasteiger partial charge is 0.426 e. The minimum atomic E-state index is -5.48. The van der Waals surface area contributed by atoms with Crippen LogP contribution in [0, 0.1) is 0 Å². The number of thiophene rings is 1. The monoisotopic (exact) mass is 288 g/mol. The van der Waals surface area contributed by atoms with Gasteiger partial charge in [0.15, 0.2) is 0 Å². The van der Waals surface area contributed by atoms with Crippen LogP contribution in [0.25, 0.3) is 0 Å². The van der Waals surface area contributed by atoms with E-state index in [4.69, 9.17) is 0 Å². The van der Waals surface area contributed by atoms with Crippen molar-refractivity contribution in [3.05, 3.63) is 21.4 Å². The summed E-state index contributed by atoms with van der Waals surface area (Å²) in [5.41, 5.74) is -2.32. The highest BCUT2D eigenvalue weighted by molar-refractivity contribution is 7.12. The van der Waals surface area contributed by atoms with Gasteiger partial charge in [-0.3, -0.25) is 0 Å². The second-order valence-electron chi connectivity index (χ2n) is 2.85. The van der Waals surface area contributed by atoms with Crippen LogP contribution in [0.1, 0.15) is 15.3 Å². The van der Waals surface area contributed by atoms with Crippen LogP contribution in [-0.2, 0) is 18.5 Å². The molecule has 0 aliphatic heterocycles. The van der Waals surface area contributed by atoms with E-state index in [1.165, 1.54) is 0 Å². The highest BCUT2D eigenvalue weighted by Gasteiger charge is 2.48. The Bertz CT molecular complexity index is 373. The molecule has 0 radical (unpaired) electrons. The molecule has 0 fully saturated rings. The van der Waals surface area contributed by atoms with E-state index in [1.807, 2.05) is 0 Å². The summed E-state index contributed by atoms with van der Waals surface area (Å²) in [4.78, 5) is -4.23. The highest BCUT2D eigenvalue weighted by Crippen LogP contribution is 2.48. The number of halogens is 9. The first-order valence-electron chi connectivity index (χ1n) is 3.69. The fraction of sp³-hybridized carbons (Fsp3) is 0.429. The maximum absolute atomic E-state index is 12.1. The van der Waals surface area contributed by atoms with Crippen molar-refractivity contribution in [1.29, 1.82) is 0 Å². The van der Waals surface area contributed by atoms with Crippen molar-refractivity contribution in [3.63, 3.8) is 0 Å². The average molecular weight is 288 g/mol. The lowest BCUT2D eigenvalue weighted by atomic mass is 10.2. The Kier molecular flexibility index (Phi) is 3.15. The fourth-order valence-electron chi connectivity index (χ4n) is 0.952. The van der Waals surface area contributed by atoms with E-state index in [1.54, 1.807) is 0 Å². The number of alkyl halides is 9. The zero-order valence-corrected chi connectivity index (χ0v) is 8.20. The molecule has 0 bridgehead atoms. The minimum absolute atomic E-state index is 0.534. The van der Waals surface area contributed by atoms with Crippen LogP contribution >= 0.6 is 11.3 Å². The van der Waals surface area contributed by atoms with E-state index < -0.39 is 51.2 Å². The van der Waals surface area contributed by atoms with Crippen LogP contribution in [0.5, 0.6) is 0 Å². The molecule has 0 saturated heterocycles. The van der Waals surface area contributed by atoms with Gasteiger partial charge in [0.1, 0.15) is 9.75 Å². The van der Waals surface area contributed by atoms with Gasteiger partial charge in [0.05, 0.1) is 5.56 Å². The molecule has 10 heteroatoms. The van der Waals surface area contributed by atoms with E-state index in [2.05, 4.69) is 0 Å². The molecule has 1 rings (SSSR count). The lowest BCUT2D eigenvalue weighted by Gasteiger charge is -2.09. The lowest BCUT2D eigenvalue weighted by Crippen LogP contribution is -2.12. The summed E-state index contributed by atoms with van der Waals surface area (Å²) in [5, 5.41) is 0. The molecule has 98 valence electrons. The van der Waals surface area contributed by atoms with Crippen molar-refractivity contribution < 1.29 is 39.5 Å². The molecule has 1 heterocycles. The predicted octanol–water partition coefficient (Wildman–Crippen LogP) is 4.80. The number of hydrogen-bond donors (Lipinski definition) is 0. The molecule has 0 unspecified atom stereocenters. The zero-order valence-electron chi connectivity index (χ0n) is 7.39. The third-order valence-electron chi connectivity index (χ3n) is 1.57. The minimum Gasteiger partial charge on any atom is -0.166 e. The summed E-state index contributed by atoms with van der Waals surface area (Å²) in [6, 6.07) is -0.534. The molecule has 1 aromatic rings. The second kappa shape index (κ2) is 3.79. The Labute approximate surface area is 91.7 Å². The first-order valence-corrected chi connectivity index (χ1v) is 4.50. The SMILES string of the molecule is FC(F)(F)c1cc(C(F)(F)F)c(C(F)(F)F)s1. The van der Waals surface area contributed by atoms with E-state index in [0.29, 0.717) is 0 Å². The molecule has 0 amide bonds. The van der Waals surface area contributed by atoms with Crippen molar-refractivity contribution in [3.8, 4) is 0 Å². The van der Waals surface area contributed by atoms with E-state index in [0.717, 1.165) is 0 Å². The van der Waals surface area contributed by atoms with Gasteiger partial charge in [0.25, 0.3) is 0 Å².